The van der Waals surface area contributed by atoms with Gasteiger partial charge >= 0.3 is 0 Å². The van der Waals surface area contributed by atoms with Gasteiger partial charge in [-0.3, -0.25) is 0 Å². The first-order valence-electron chi connectivity index (χ1n) is 8.35. The summed E-state index contributed by atoms with van der Waals surface area (Å²) in [6.07, 6.45) is 16.5. The summed E-state index contributed by atoms with van der Waals surface area (Å²) in [5, 5.41) is 0. The van der Waals surface area contributed by atoms with Crippen molar-refractivity contribution >= 4 is 0 Å². The van der Waals surface area contributed by atoms with Gasteiger partial charge in [-0.15, -0.1) is 0 Å². The third-order valence-electron chi connectivity index (χ3n) is 5.35. The minimum Gasteiger partial charge on any atom is -0.0888 e. The molecule has 0 nitrogen and oxygen atoms in total. The van der Waals surface area contributed by atoms with E-state index in [0.29, 0.717) is 0 Å². The van der Waals surface area contributed by atoms with Gasteiger partial charge in [-0.05, 0) is 68.1 Å². The summed E-state index contributed by atoms with van der Waals surface area (Å²) in [4.78, 5) is 0. The molecule has 0 amide bonds. The Morgan fingerprint density at radius 1 is 1.06 bits per heavy atom. The molecule has 2 saturated carbocycles. The topological polar surface area (TPSA) is 0 Å². The minimum atomic E-state index is 0.896. The molecule has 2 unspecified atom stereocenters. The van der Waals surface area contributed by atoms with E-state index in [2.05, 4.69) is 32.9 Å². The highest BCUT2D eigenvalue weighted by Gasteiger charge is 2.41. The fraction of sp³-hybridized carbons (Fsp3) is 0.889. The fourth-order valence-corrected chi connectivity index (χ4v) is 4.39. The molecule has 0 aromatic heterocycles. The highest BCUT2D eigenvalue weighted by Crippen LogP contribution is 2.51. The number of hydrogen-bond acceptors (Lipinski definition) is 0. The molecule has 2 rings (SSSR count). The molecule has 0 aliphatic heterocycles. The van der Waals surface area contributed by atoms with E-state index in [9.17, 15) is 0 Å². The Bertz CT molecular complexity index is 249. The van der Waals surface area contributed by atoms with E-state index in [0.717, 1.165) is 29.6 Å². The van der Waals surface area contributed by atoms with Crippen LogP contribution in [0.15, 0.2) is 12.2 Å². The van der Waals surface area contributed by atoms with Crippen LogP contribution in [0.4, 0.5) is 0 Å². The highest BCUT2D eigenvalue weighted by molar-refractivity contribution is 4.96. The van der Waals surface area contributed by atoms with Gasteiger partial charge in [0.1, 0.15) is 0 Å². The first-order chi connectivity index (χ1) is 8.70. The highest BCUT2D eigenvalue weighted by atomic mass is 14.5. The maximum atomic E-state index is 2.46. The van der Waals surface area contributed by atoms with Crippen molar-refractivity contribution in [3.63, 3.8) is 0 Å². The third kappa shape index (κ3) is 3.62. The molecule has 0 aromatic carbocycles. The summed E-state index contributed by atoms with van der Waals surface area (Å²) in [5.74, 6) is 5.15. The van der Waals surface area contributed by atoms with Gasteiger partial charge in [0.05, 0.1) is 0 Å². The first kappa shape index (κ1) is 14.2. The Morgan fingerprint density at radius 3 is 2.28 bits per heavy atom. The van der Waals surface area contributed by atoms with Gasteiger partial charge in [0.15, 0.2) is 0 Å². The van der Waals surface area contributed by atoms with Crippen molar-refractivity contribution in [2.75, 3.05) is 0 Å². The predicted octanol–water partition coefficient (Wildman–Crippen LogP) is 5.83. The molecule has 0 heterocycles. The van der Waals surface area contributed by atoms with Crippen molar-refractivity contribution in [2.45, 2.75) is 72.1 Å². The van der Waals surface area contributed by atoms with Crippen LogP contribution in [0.5, 0.6) is 0 Å². The number of allylic oxidation sites excluding steroid dienone is 2. The average Bonchev–Trinajstić information content (AvgIpc) is 2.59. The second-order valence-electron chi connectivity index (χ2n) is 7.19. The molecule has 0 heteroatoms. The standard InChI is InChI=1S/C18H32/c1-4-5-6-7-18-16-10-11-17(18)13-15(12-16)9-8-14(2)3/h5-6,14-18H,4,7-13H2,1-3H3. The van der Waals surface area contributed by atoms with Crippen molar-refractivity contribution in [1.82, 2.24) is 0 Å². The van der Waals surface area contributed by atoms with Gasteiger partial charge in [0.25, 0.3) is 0 Å². The Morgan fingerprint density at radius 2 is 1.72 bits per heavy atom. The molecule has 0 aromatic rings. The van der Waals surface area contributed by atoms with E-state index in [1.807, 2.05) is 0 Å². The van der Waals surface area contributed by atoms with Gasteiger partial charge in [0, 0.05) is 0 Å². The molecule has 2 fully saturated rings. The van der Waals surface area contributed by atoms with Crippen LogP contribution in [0.2, 0.25) is 0 Å². The van der Waals surface area contributed by atoms with Gasteiger partial charge in [0.2, 0.25) is 0 Å². The molecule has 2 aliphatic rings. The normalized spacial score (nSPS) is 35.8. The summed E-state index contributed by atoms with van der Waals surface area (Å²) < 4.78 is 0. The molecular formula is C18H32. The number of fused-ring (bicyclic) bond motifs is 2. The molecular weight excluding hydrogens is 216 g/mol. The van der Waals surface area contributed by atoms with Crippen LogP contribution in [0.1, 0.15) is 72.1 Å². The van der Waals surface area contributed by atoms with E-state index in [4.69, 9.17) is 0 Å². The monoisotopic (exact) mass is 248 g/mol. The second kappa shape index (κ2) is 6.78. The lowest BCUT2D eigenvalue weighted by atomic mass is 9.70. The van der Waals surface area contributed by atoms with Gasteiger partial charge < -0.3 is 0 Å². The Balaban J connectivity index is 1.81. The van der Waals surface area contributed by atoms with Crippen LogP contribution < -0.4 is 0 Å². The maximum absolute atomic E-state index is 2.46. The van der Waals surface area contributed by atoms with Crippen LogP contribution >= 0.6 is 0 Å². The van der Waals surface area contributed by atoms with Crippen molar-refractivity contribution in [3.05, 3.63) is 12.2 Å². The number of hydrogen-bond donors (Lipinski definition) is 0. The van der Waals surface area contributed by atoms with Crippen molar-refractivity contribution in [3.8, 4) is 0 Å². The lowest BCUT2D eigenvalue weighted by Crippen LogP contribution is -2.26. The van der Waals surface area contributed by atoms with Crippen molar-refractivity contribution in [1.29, 1.82) is 0 Å². The SMILES string of the molecule is CCC=CCC1C2CCC1CC(CCC(C)C)C2. The first-order valence-corrected chi connectivity index (χ1v) is 8.35. The molecule has 2 atom stereocenters. The lowest BCUT2D eigenvalue weighted by molar-refractivity contribution is 0.159. The zero-order chi connectivity index (χ0) is 13.0. The number of rotatable bonds is 6. The van der Waals surface area contributed by atoms with Gasteiger partial charge in [-0.1, -0.05) is 45.8 Å². The summed E-state index contributed by atoms with van der Waals surface area (Å²) in [7, 11) is 0. The van der Waals surface area contributed by atoms with Crippen LogP contribution in [0.3, 0.4) is 0 Å². The molecule has 0 saturated heterocycles. The van der Waals surface area contributed by atoms with E-state index in [-0.39, 0.29) is 0 Å². The molecule has 0 spiro atoms. The van der Waals surface area contributed by atoms with Crippen LogP contribution in [0.25, 0.3) is 0 Å². The smallest absolute Gasteiger partial charge is 0.0317 e. The molecule has 104 valence electrons. The van der Waals surface area contributed by atoms with Crippen LogP contribution in [-0.4, -0.2) is 0 Å². The third-order valence-corrected chi connectivity index (χ3v) is 5.35. The van der Waals surface area contributed by atoms with E-state index in [1.165, 1.54) is 38.5 Å². The quantitative estimate of drug-likeness (QED) is 0.519. The van der Waals surface area contributed by atoms with E-state index >= 15 is 0 Å². The van der Waals surface area contributed by atoms with E-state index in [1.54, 1.807) is 12.8 Å². The predicted molar refractivity (Wildman–Crippen MR) is 80.5 cm³/mol. The fourth-order valence-electron chi connectivity index (χ4n) is 4.39. The molecule has 2 aliphatic carbocycles. The largest absolute Gasteiger partial charge is 0.0888 e. The average molecular weight is 248 g/mol. The molecule has 18 heavy (non-hydrogen) atoms. The maximum Gasteiger partial charge on any atom is -0.0317 e. The minimum absolute atomic E-state index is 0.896. The Kier molecular flexibility index (Phi) is 5.33. The Labute approximate surface area is 114 Å². The zero-order valence-electron chi connectivity index (χ0n) is 12.7. The van der Waals surface area contributed by atoms with Crippen molar-refractivity contribution < 1.29 is 0 Å². The van der Waals surface area contributed by atoms with Gasteiger partial charge in [-0.25, -0.2) is 0 Å². The molecule has 0 radical (unpaired) electrons. The van der Waals surface area contributed by atoms with Crippen molar-refractivity contribution in [2.24, 2.45) is 29.6 Å². The zero-order valence-corrected chi connectivity index (χ0v) is 12.7. The molecule has 0 N–H and O–H groups in total. The summed E-state index contributed by atoms with van der Waals surface area (Å²) in [6.45, 7) is 6.99. The lowest BCUT2D eigenvalue weighted by Gasteiger charge is -2.35. The second-order valence-corrected chi connectivity index (χ2v) is 7.19. The van der Waals surface area contributed by atoms with Crippen LogP contribution in [-0.2, 0) is 0 Å². The van der Waals surface area contributed by atoms with E-state index < -0.39 is 0 Å². The summed E-state index contributed by atoms with van der Waals surface area (Å²) in [5.41, 5.74) is 0. The summed E-state index contributed by atoms with van der Waals surface area (Å²) in [6, 6.07) is 0. The van der Waals surface area contributed by atoms with Gasteiger partial charge in [-0.2, -0.15) is 0 Å². The molecule has 2 bridgehead atoms. The summed E-state index contributed by atoms with van der Waals surface area (Å²) >= 11 is 0. The van der Waals surface area contributed by atoms with Crippen LogP contribution in [0, 0.1) is 29.6 Å². The Hall–Kier alpha value is -0.260.